The first-order chi connectivity index (χ1) is 8.54. The van der Waals surface area contributed by atoms with Crippen LogP contribution >= 0.6 is 66.4 Å². The van der Waals surface area contributed by atoms with E-state index in [1.54, 1.807) is 17.4 Å². The van der Waals surface area contributed by atoms with E-state index in [1.165, 1.54) is 0 Å². The summed E-state index contributed by atoms with van der Waals surface area (Å²) in [4.78, 5) is 0. The summed E-state index contributed by atoms with van der Waals surface area (Å²) < 4.78 is 2.01. The van der Waals surface area contributed by atoms with Crippen LogP contribution in [0.25, 0.3) is 0 Å². The molecule has 0 saturated heterocycles. The van der Waals surface area contributed by atoms with Crippen LogP contribution in [-0.4, -0.2) is 0 Å². The number of hydrogen-bond acceptors (Lipinski definition) is 3. The molecule has 1 heterocycles. The van der Waals surface area contributed by atoms with Gasteiger partial charge in [-0.05, 0) is 49.6 Å². The molecule has 1 aromatic carbocycles. The van der Waals surface area contributed by atoms with Crippen molar-refractivity contribution < 1.29 is 0 Å². The van der Waals surface area contributed by atoms with Crippen molar-refractivity contribution >= 4 is 66.4 Å². The van der Waals surface area contributed by atoms with Gasteiger partial charge in [0.2, 0.25) is 0 Å². The fraction of sp³-hybridized carbons (Fsp3) is 0.0909. The van der Waals surface area contributed by atoms with E-state index < -0.39 is 0 Å². The maximum atomic E-state index is 6.22. The molecule has 0 amide bonds. The quantitative estimate of drug-likeness (QED) is 0.523. The Morgan fingerprint density at radius 2 is 1.94 bits per heavy atom. The zero-order chi connectivity index (χ0) is 13.3. The first-order valence-corrected chi connectivity index (χ1v) is 8.05. The van der Waals surface area contributed by atoms with Crippen molar-refractivity contribution in [3.05, 3.63) is 53.0 Å². The number of hydrazine groups is 1. The Labute approximate surface area is 136 Å². The normalized spacial score (nSPS) is 12.7. The third-order valence-electron chi connectivity index (χ3n) is 2.45. The van der Waals surface area contributed by atoms with E-state index in [0.717, 1.165) is 18.7 Å². The van der Waals surface area contributed by atoms with E-state index in [-0.39, 0.29) is 6.04 Å². The highest BCUT2D eigenvalue weighted by atomic mass is 79.9. The SMILES string of the molecule is NNC(c1cc(Br)sc1Br)c1cccc(Cl)c1Cl. The van der Waals surface area contributed by atoms with E-state index in [0.29, 0.717) is 10.0 Å². The first kappa shape index (κ1) is 14.8. The molecule has 1 aromatic heterocycles. The van der Waals surface area contributed by atoms with Crippen LogP contribution in [0.15, 0.2) is 31.8 Å². The van der Waals surface area contributed by atoms with Gasteiger partial charge in [0.1, 0.15) is 0 Å². The van der Waals surface area contributed by atoms with Crippen molar-refractivity contribution in [2.45, 2.75) is 6.04 Å². The van der Waals surface area contributed by atoms with Crippen LogP contribution in [0.5, 0.6) is 0 Å². The zero-order valence-corrected chi connectivity index (χ0v) is 14.4. The van der Waals surface area contributed by atoms with Gasteiger partial charge in [-0.2, -0.15) is 0 Å². The third kappa shape index (κ3) is 2.93. The number of thiophene rings is 1. The summed E-state index contributed by atoms with van der Waals surface area (Å²) in [5.41, 5.74) is 4.63. The molecule has 0 saturated carbocycles. The summed E-state index contributed by atoms with van der Waals surface area (Å²) in [5.74, 6) is 5.65. The second kappa shape index (κ2) is 6.22. The average molecular weight is 431 g/mol. The smallest absolute Gasteiger partial charge is 0.0762 e. The molecule has 3 N–H and O–H groups in total. The van der Waals surface area contributed by atoms with E-state index in [1.807, 2.05) is 18.2 Å². The lowest BCUT2D eigenvalue weighted by Crippen LogP contribution is -2.29. The second-order valence-electron chi connectivity index (χ2n) is 3.52. The summed E-state index contributed by atoms with van der Waals surface area (Å²) in [6, 6.07) is 7.28. The lowest BCUT2D eigenvalue weighted by molar-refractivity contribution is 0.637. The predicted octanol–water partition coefficient (Wildman–Crippen LogP) is 5.13. The lowest BCUT2D eigenvalue weighted by atomic mass is 10.0. The van der Waals surface area contributed by atoms with Gasteiger partial charge >= 0.3 is 0 Å². The topological polar surface area (TPSA) is 38.0 Å². The van der Waals surface area contributed by atoms with Gasteiger partial charge in [0.25, 0.3) is 0 Å². The molecule has 0 bridgehead atoms. The van der Waals surface area contributed by atoms with Gasteiger partial charge in [0.15, 0.2) is 0 Å². The van der Waals surface area contributed by atoms with Crippen LogP contribution in [0, 0.1) is 0 Å². The molecule has 0 radical (unpaired) electrons. The molecule has 2 rings (SSSR count). The van der Waals surface area contributed by atoms with E-state index in [9.17, 15) is 0 Å². The Kier molecular flexibility index (Phi) is 5.11. The van der Waals surface area contributed by atoms with Crippen molar-refractivity contribution in [2.75, 3.05) is 0 Å². The molecule has 18 heavy (non-hydrogen) atoms. The van der Waals surface area contributed by atoms with Crippen LogP contribution in [0.4, 0.5) is 0 Å². The highest BCUT2D eigenvalue weighted by Crippen LogP contribution is 2.40. The third-order valence-corrected chi connectivity index (χ3v) is 5.67. The largest absolute Gasteiger partial charge is 0.271 e. The molecular weight excluding hydrogens is 423 g/mol. The predicted molar refractivity (Wildman–Crippen MR) is 85.3 cm³/mol. The minimum absolute atomic E-state index is 0.215. The molecular formula is C11H8Br2Cl2N2S. The van der Waals surface area contributed by atoms with Gasteiger partial charge in [-0.25, -0.2) is 5.43 Å². The molecule has 0 aliphatic rings. The molecule has 2 nitrogen and oxygen atoms in total. The average Bonchev–Trinajstić information content (AvgIpc) is 2.65. The Hall–Kier alpha value is 0.380. The van der Waals surface area contributed by atoms with Crippen LogP contribution in [0.2, 0.25) is 10.0 Å². The van der Waals surface area contributed by atoms with Gasteiger partial charge in [-0.1, -0.05) is 35.3 Å². The Bertz CT molecular complexity index is 574. The van der Waals surface area contributed by atoms with E-state index in [4.69, 9.17) is 29.0 Å². The maximum Gasteiger partial charge on any atom is 0.0762 e. The van der Waals surface area contributed by atoms with Gasteiger partial charge < -0.3 is 0 Å². The molecule has 0 aliphatic heterocycles. The highest BCUT2D eigenvalue weighted by Gasteiger charge is 2.21. The highest BCUT2D eigenvalue weighted by molar-refractivity contribution is 9.12. The minimum Gasteiger partial charge on any atom is -0.271 e. The van der Waals surface area contributed by atoms with Crippen molar-refractivity contribution in [3.8, 4) is 0 Å². The summed E-state index contributed by atoms with van der Waals surface area (Å²) in [6.07, 6.45) is 0. The number of rotatable bonds is 3. The van der Waals surface area contributed by atoms with E-state index in [2.05, 4.69) is 37.3 Å². The maximum absolute atomic E-state index is 6.22. The van der Waals surface area contributed by atoms with Crippen LogP contribution in [0.1, 0.15) is 17.2 Å². The van der Waals surface area contributed by atoms with Crippen molar-refractivity contribution in [2.24, 2.45) is 5.84 Å². The molecule has 0 spiro atoms. The molecule has 2 aromatic rings. The molecule has 0 aliphatic carbocycles. The monoisotopic (exact) mass is 428 g/mol. The van der Waals surface area contributed by atoms with Gasteiger partial charge in [-0.3, -0.25) is 5.84 Å². The lowest BCUT2D eigenvalue weighted by Gasteiger charge is -2.18. The molecule has 1 atom stereocenters. The number of halogens is 4. The van der Waals surface area contributed by atoms with Gasteiger partial charge in [-0.15, -0.1) is 11.3 Å². The summed E-state index contributed by atoms with van der Waals surface area (Å²) >= 11 is 20.8. The van der Waals surface area contributed by atoms with Crippen molar-refractivity contribution in [3.63, 3.8) is 0 Å². The molecule has 1 unspecified atom stereocenters. The minimum atomic E-state index is -0.215. The van der Waals surface area contributed by atoms with Crippen molar-refractivity contribution in [1.29, 1.82) is 0 Å². The number of hydrogen-bond donors (Lipinski definition) is 2. The fourth-order valence-electron chi connectivity index (χ4n) is 1.64. The Morgan fingerprint density at radius 3 is 2.50 bits per heavy atom. The van der Waals surface area contributed by atoms with Gasteiger partial charge in [0, 0.05) is 5.56 Å². The number of nitrogens with two attached hydrogens (primary N) is 1. The standard InChI is InChI=1S/C11H8Br2Cl2N2S/c12-8-4-6(11(13)18-8)10(17-16)5-2-1-3-7(14)9(5)15/h1-4,10,17H,16H2. The fourth-order valence-corrected chi connectivity index (χ4v) is 4.96. The Morgan fingerprint density at radius 1 is 1.22 bits per heavy atom. The molecule has 7 heteroatoms. The van der Waals surface area contributed by atoms with Gasteiger partial charge in [0.05, 0.1) is 23.7 Å². The molecule has 0 fully saturated rings. The Balaban J connectivity index is 2.52. The molecule has 96 valence electrons. The first-order valence-electron chi connectivity index (χ1n) is 4.89. The second-order valence-corrected chi connectivity index (χ2v) is 8.06. The summed E-state index contributed by atoms with van der Waals surface area (Å²) in [7, 11) is 0. The van der Waals surface area contributed by atoms with Crippen molar-refractivity contribution in [1.82, 2.24) is 5.43 Å². The zero-order valence-electron chi connectivity index (χ0n) is 8.88. The van der Waals surface area contributed by atoms with E-state index >= 15 is 0 Å². The number of nitrogens with one attached hydrogen (secondary N) is 1. The summed E-state index contributed by atoms with van der Waals surface area (Å²) in [5, 5.41) is 1.02. The van der Waals surface area contributed by atoms with Crippen LogP contribution in [0.3, 0.4) is 0 Å². The van der Waals surface area contributed by atoms with Crippen LogP contribution in [-0.2, 0) is 0 Å². The van der Waals surface area contributed by atoms with Crippen LogP contribution < -0.4 is 11.3 Å². The number of benzene rings is 1. The summed E-state index contributed by atoms with van der Waals surface area (Å²) in [6.45, 7) is 0.